The van der Waals surface area contributed by atoms with E-state index < -0.39 is 0 Å². The maximum absolute atomic E-state index is 11.6. The highest BCUT2D eigenvalue weighted by Gasteiger charge is 2.07. The van der Waals surface area contributed by atoms with Crippen LogP contribution in [0.1, 0.15) is 5.69 Å². The number of aromatic nitrogens is 1. The summed E-state index contributed by atoms with van der Waals surface area (Å²) in [6.07, 6.45) is 0.315. The van der Waals surface area contributed by atoms with E-state index in [4.69, 9.17) is 11.6 Å². The number of fused-ring (bicyclic) bond motifs is 1. The lowest BCUT2D eigenvalue weighted by Gasteiger charge is -2.09. The van der Waals surface area contributed by atoms with E-state index >= 15 is 0 Å². The maximum Gasteiger partial charge on any atom is 0.228 e. The Morgan fingerprint density at radius 1 is 1.29 bits per heavy atom. The van der Waals surface area contributed by atoms with Gasteiger partial charge in [-0.1, -0.05) is 23.7 Å². The minimum absolute atomic E-state index is 0.0406. The van der Waals surface area contributed by atoms with E-state index in [1.807, 2.05) is 24.3 Å². The quantitative estimate of drug-likeness (QED) is 0.818. The summed E-state index contributed by atoms with van der Waals surface area (Å²) in [4.78, 5) is 17.6. The van der Waals surface area contributed by atoms with Crippen molar-refractivity contribution in [2.75, 3.05) is 14.1 Å². The molecule has 0 aliphatic heterocycles. The highest BCUT2D eigenvalue weighted by molar-refractivity contribution is 6.31. The fourth-order valence-electron chi connectivity index (χ4n) is 1.54. The number of hydrogen-bond donors (Lipinski definition) is 0. The van der Waals surface area contributed by atoms with Crippen LogP contribution in [0.25, 0.3) is 10.9 Å². The molecule has 4 heteroatoms. The van der Waals surface area contributed by atoms with Crippen molar-refractivity contribution in [1.29, 1.82) is 0 Å². The minimum Gasteiger partial charge on any atom is -0.348 e. The van der Waals surface area contributed by atoms with Gasteiger partial charge in [-0.3, -0.25) is 9.78 Å². The zero-order chi connectivity index (χ0) is 12.4. The van der Waals surface area contributed by atoms with E-state index in [1.54, 1.807) is 25.1 Å². The summed E-state index contributed by atoms with van der Waals surface area (Å²) < 4.78 is 0. The summed E-state index contributed by atoms with van der Waals surface area (Å²) in [5.41, 5.74) is 1.58. The lowest BCUT2D eigenvalue weighted by molar-refractivity contribution is -0.128. The average Bonchev–Trinajstić information content (AvgIpc) is 2.28. The van der Waals surface area contributed by atoms with Gasteiger partial charge in [-0.15, -0.1) is 0 Å². The third kappa shape index (κ3) is 2.74. The molecule has 0 fully saturated rings. The molecule has 0 N–H and O–H groups in total. The number of benzene rings is 1. The third-order valence-electron chi connectivity index (χ3n) is 2.54. The highest BCUT2D eigenvalue weighted by atomic mass is 35.5. The molecule has 0 aliphatic carbocycles. The van der Waals surface area contributed by atoms with Gasteiger partial charge < -0.3 is 4.90 Å². The van der Waals surface area contributed by atoms with Gasteiger partial charge >= 0.3 is 0 Å². The van der Waals surface area contributed by atoms with Crippen molar-refractivity contribution >= 4 is 28.4 Å². The van der Waals surface area contributed by atoms with Crippen molar-refractivity contribution in [3.63, 3.8) is 0 Å². The van der Waals surface area contributed by atoms with Crippen LogP contribution in [-0.4, -0.2) is 29.9 Å². The van der Waals surface area contributed by atoms with E-state index in [2.05, 4.69) is 4.98 Å². The van der Waals surface area contributed by atoms with Crippen LogP contribution in [0.5, 0.6) is 0 Å². The number of likely N-dealkylation sites (N-methyl/N-ethyl adjacent to an activating group) is 1. The Morgan fingerprint density at radius 2 is 2.00 bits per heavy atom. The number of carbonyl (C=O) groups excluding carboxylic acids is 1. The molecule has 3 nitrogen and oxygen atoms in total. The summed E-state index contributed by atoms with van der Waals surface area (Å²) in [6, 6.07) is 9.38. The molecule has 0 unspecified atom stereocenters. The van der Waals surface area contributed by atoms with Gasteiger partial charge in [-0.2, -0.15) is 0 Å². The predicted molar refractivity (Wildman–Crippen MR) is 69.2 cm³/mol. The topological polar surface area (TPSA) is 33.2 Å². The molecule has 2 aromatic rings. The first-order chi connectivity index (χ1) is 8.06. The molecule has 1 heterocycles. The molecule has 17 heavy (non-hydrogen) atoms. The Balaban J connectivity index is 2.34. The normalized spacial score (nSPS) is 10.5. The van der Waals surface area contributed by atoms with E-state index in [0.717, 1.165) is 16.6 Å². The van der Waals surface area contributed by atoms with E-state index in [9.17, 15) is 4.79 Å². The standard InChI is InChI=1S/C13H13ClN2O/c1-16(2)13(17)8-11-6-4-9-3-5-10(14)7-12(9)15-11/h3-7H,8H2,1-2H3. The zero-order valence-corrected chi connectivity index (χ0v) is 10.5. The van der Waals surface area contributed by atoms with Crippen LogP contribution in [0.4, 0.5) is 0 Å². The number of amides is 1. The molecular formula is C13H13ClN2O. The molecule has 0 aliphatic rings. The summed E-state index contributed by atoms with van der Waals surface area (Å²) in [6.45, 7) is 0. The first-order valence-electron chi connectivity index (χ1n) is 5.31. The highest BCUT2D eigenvalue weighted by Crippen LogP contribution is 2.18. The van der Waals surface area contributed by atoms with Crippen LogP contribution < -0.4 is 0 Å². The van der Waals surface area contributed by atoms with Crippen LogP contribution in [0.3, 0.4) is 0 Å². The number of rotatable bonds is 2. The molecule has 1 aromatic carbocycles. The second-order valence-corrected chi connectivity index (χ2v) is 4.54. The average molecular weight is 249 g/mol. The van der Waals surface area contributed by atoms with E-state index in [0.29, 0.717) is 11.4 Å². The van der Waals surface area contributed by atoms with Crippen molar-refractivity contribution in [2.24, 2.45) is 0 Å². The van der Waals surface area contributed by atoms with E-state index in [1.165, 1.54) is 0 Å². The smallest absolute Gasteiger partial charge is 0.228 e. The fourth-order valence-corrected chi connectivity index (χ4v) is 1.71. The van der Waals surface area contributed by atoms with Gasteiger partial charge in [0.1, 0.15) is 0 Å². The third-order valence-corrected chi connectivity index (χ3v) is 2.78. The molecule has 0 atom stereocenters. The van der Waals surface area contributed by atoms with Crippen LogP contribution in [0, 0.1) is 0 Å². The Bertz CT molecular complexity index is 566. The van der Waals surface area contributed by atoms with Crippen molar-refractivity contribution in [1.82, 2.24) is 9.88 Å². The first kappa shape index (κ1) is 11.9. The summed E-state index contributed by atoms with van der Waals surface area (Å²) in [5, 5.41) is 1.68. The molecule has 0 radical (unpaired) electrons. The SMILES string of the molecule is CN(C)C(=O)Cc1ccc2ccc(Cl)cc2n1. The lowest BCUT2D eigenvalue weighted by Crippen LogP contribution is -2.23. The summed E-state index contributed by atoms with van der Waals surface area (Å²) >= 11 is 5.91. The molecule has 2 rings (SSSR count). The fraction of sp³-hybridized carbons (Fsp3) is 0.231. The number of halogens is 1. The maximum atomic E-state index is 11.6. The van der Waals surface area contributed by atoms with Gasteiger partial charge in [0.15, 0.2) is 0 Å². The monoisotopic (exact) mass is 248 g/mol. The molecule has 1 aromatic heterocycles. The molecule has 88 valence electrons. The Kier molecular flexibility index (Phi) is 3.29. The second kappa shape index (κ2) is 4.72. The van der Waals surface area contributed by atoms with Gasteiger partial charge in [-0.25, -0.2) is 0 Å². The molecular weight excluding hydrogens is 236 g/mol. The number of hydrogen-bond acceptors (Lipinski definition) is 2. The van der Waals surface area contributed by atoms with Crippen molar-refractivity contribution in [3.05, 3.63) is 41.0 Å². The van der Waals surface area contributed by atoms with Crippen LogP contribution in [-0.2, 0) is 11.2 Å². The number of pyridine rings is 1. The van der Waals surface area contributed by atoms with Crippen LogP contribution in [0.15, 0.2) is 30.3 Å². The molecule has 0 saturated heterocycles. The molecule has 0 spiro atoms. The van der Waals surface area contributed by atoms with Crippen molar-refractivity contribution in [2.45, 2.75) is 6.42 Å². The van der Waals surface area contributed by atoms with Crippen LogP contribution in [0.2, 0.25) is 5.02 Å². The van der Waals surface area contributed by atoms with Gasteiger partial charge in [0.25, 0.3) is 0 Å². The first-order valence-corrected chi connectivity index (χ1v) is 5.69. The number of nitrogens with zero attached hydrogens (tertiary/aromatic N) is 2. The Morgan fingerprint density at radius 3 is 2.71 bits per heavy atom. The van der Waals surface area contributed by atoms with Crippen LogP contribution >= 0.6 is 11.6 Å². The van der Waals surface area contributed by atoms with E-state index in [-0.39, 0.29) is 5.91 Å². The van der Waals surface area contributed by atoms with Gasteiger partial charge in [0, 0.05) is 24.5 Å². The number of carbonyl (C=O) groups is 1. The summed E-state index contributed by atoms with van der Waals surface area (Å²) in [5.74, 6) is 0.0406. The Labute approximate surface area is 105 Å². The lowest BCUT2D eigenvalue weighted by atomic mass is 10.2. The molecule has 0 bridgehead atoms. The zero-order valence-electron chi connectivity index (χ0n) is 9.77. The molecule has 0 saturated carbocycles. The summed E-state index contributed by atoms with van der Waals surface area (Å²) in [7, 11) is 3.47. The largest absolute Gasteiger partial charge is 0.348 e. The van der Waals surface area contributed by atoms with Crippen molar-refractivity contribution in [3.8, 4) is 0 Å². The van der Waals surface area contributed by atoms with Gasteiger partial charge in [0.05, 0.1) is 17.6 Å². The Hall–Kier alpha value is -1.61. The van der Waals surface area contributed by atoms with Crippen molar-refractivity contribution < 1.29 is 4.79 Å². The van der Waals surface area contributed by atoms with Gasteiger partial charge in [-0.05, 0) is 18.2 Å². The second-order valence-electron chi connectivity index (χ2n) is 4.10. The van der Waals surface area contributed by atoms with Gasteiger partial charge in [0.2, 0.25) is 5.91 Å². The predicted octanol–water partition coefficient (Wildman–Crippen LogP) is 2.52. The minimum atomic E-state index is 0.0406. The molecule has 1 amide bonds.